The fraction of sp³-hybridized carbons (Fsp3) is 0.533. The third-order valence-corrected chi connectivity index (χ3v) is 4.99. The molecule has 3 nitrogen and oxygen atoms in total. The highest BCUT2D eigenvalue weighted by molar-refractivity contribution is 9.09. The Bertz CT molecular complexity index is 489. The van der Waals surface area contributed by atoms with E-state index in [9.17, 15) is 4.79 Å². The van der Waals surface area contributed by atoms with E-state index >= 15 is 0 Å². The molecule has 0 radical (unpaired) electrons. The second-order valence-electron chi connectivity index (χ2n) is 5.40. The van der Waals surface area contributed by atoms with Crippen LogP contribution in [0.2, 0.25) is 0 Å². The normalized spacial score (nSPS) is 25.3. The van der Waals surface area contributed by atoms with Crippen molar-refractivity contribution in [2.75, 3.05) is 5.33 Å². The van der Waals surface area contributed by atoms with Crippen LogP contribution in [0, 0.1) is 5.92 Å². The van der Waals surface area contributed by atoms with E-state index < -0.39 is 0 Å². The Morgan fingerprint density at radius 1 is 1.32 bits per heavy atom. The molecule has 2 unspecified atom stereocenters. The first-order chi connectivity index (χ1) is 9.28. The van der Waals surface area contributed by atoms with Gasteiger partial charge < -0.3 is 10.1 Å². The molecule has 3 rings (SSSR count). The maximum Gasteiger partial charge on any atom is 0.251 e. The van der Waals surface area contributed by atoms with Crippen LogP contribution >= 0.6 is 15.9 Å². The zero-order valence-corrected chi connectivity index (χ0v) is 12.4. The molecule has 102 valence electrons. The number of carbonyl (C=O) groups excluding carboxylic acids is 1. The molecule has 0 saturated heterocycles. The monoisotopic (exact) mass is 323 g/mol. The molecule has 0 aromatic heterocycles. The molecule has 19 heavy (non-hydrogen) atoms. The first-order valence-electron chi connectivity index (χ1n) is 6.84. The lowest BCUT2D eigenvalue weighted by molar-refractivity contribution is 0.0930. The highest BCUT2D eigenvalue weighted by atomic mass is 79.9. The number of carbonyl (C=O) groups is 1. The van der Waals surface area contributed by atoms with Crippen LogP contribution in [-0.4, -0.2) is 17.3 Å². The summed E-state index contributed by atoms with van der Waals surface area (Å²) in [5.74, 6) is 0.620. The fourth-order valence-corrected chi connectivity index (χ4v) is 3.75. The Morgan fingerprint density at radius 2 is 2.16 bits per heavy atom. The molecular formula is C15H18BrNO2. The van der Waals surface area contributed by atoms with Crippen LogP contribution in [0.1, 0.15) is 40.7 Å². The molecule has 1 heterocycles. The summed E-state index contributed by atoms with van der Waals surface area (Å²) in [4.78, 5) is 12.3. The van der Waals surface area contributed by atoms with Crippen molar-refractivity contribution in [1.82, 2.24) is 5.32 Å². The van der Waals surface area contributed by atoms with Gasteiger partial charge in [0.1, 0.15) is 0 Å². The van der Waals surface area contributed by atoms with Gasteiger partial charge in [0.15, 0.2) is 0 Å². The maximum absolute atomic E-state index is 12.3. The molecule has 1 aliphatic carbocycles. The van der Waals surface area contributed by atoms with Crippen molar-refractivity contribution in [1.29, 1.82) is 0 Å². The van der Waals surface area contributed by atoms with Crippen LogP contribution in [0.5, 0.6) is 0 Å². The molecule has 1 fully saturated rings. The predicted molar refractivity (Wildman–Crippen MR) is 77.3 cm³/mol. The first kappa shape index (κ1) is 13.1. The van der Waals surface area contributed by atoms with Crippen molar-refractivity contribution in [3.05, 3.63) is 34.9 Å². The van der Waals surface area contributed by atoms with Crippen molar-refractivity contribution >= 4 is 21.8 Å². The van der Waals surface area contributed by atoms with Crippen LogP contribution in [0.4, 0.5) is 0 Å². The summed E-state index contributed by atoms with van der Waals surface area (Å²) in [7, 11) is 0. The molecule has 1 aromatic carbocycles. The lowest BCUT2D eigenvalue weighted by atomic mass is 10.0. The molecule has 0 bridgehead atoms. The van der Waals surface area contributed by atoms with Crippen LogP contribution in [-0.2, 0) is 18.0 Å². The molecule has 1 amide bonds. The fourth-order valence-electron chi connectivity index (χ4n) is 2.98. The topological polar surface area (TPSA) is 38.3 Å². The predicted octanol–water partition coefficient (Wildman–Crippen LogP) is 3.01. The minimum atomic E-state index is 0.0487. The lowest BCUT2D eigenvalue weighted by Gasteiger charge is -2.19. The summed E-state index contributed by atoms with van der Waals surface area (Å²) in [6.45, 7) is 1.30. The van der Waals surface area contributed by atoms with Gasteiger partial charge in [0.25, 0.3) is 5.91 Å². The van der Waals surface area contributed by atoms with E-state index in [0.29, 0.717) is 25.2 Å². The molecular weight excluding hydrogens is 306 g/mol. The highest BCUT2D eigenvalue weighted by Gasteiger charge is 2.28. The molecule has 0 spiro atoms. The Balaban J connectivity index is 1.70. The summed E-state index contributed by atoms with van der Waals surface area (Å²) in [6, 6.07) is 6.20. The third kappa shape index (κ3) is 2.70. The number of rotatable bonds is 3. The number of ether oxygens (including phenoxy) is 1. The Kier molecular flexibility index (Phi) is 3.89. The van der Waals surface area contributed by atoms with Crippen molar-refractivity contribution in [3.8, 4) is 0 Å². The molecule has 1 saturated carbocycles. The molecule has 2 atom stereocenters. The average Bonchev–Trinajstić information content (AvgIpc) is 3.05. The summed E-state index contributed by atoms with van der Waals surface area (Å²) in [6.07, 6.45) is 3.50. The van der Waals surface area contributed by atoms with Gasteiger partial charge in [-0.2, -0.15) is 0 Å². The number of hydrogen-bond acceptors (Lipinski definition) is 2. The Labute approximate surface area is 121 Å². The standard InChI is InChI=1S/C15H18BrNO2/c16-7-11-2-1-3-14(11)17-15(18)10-4-5-12-8-19-9-13(12)6-10/h4-6,11,14H,1-3,7-9H2,(H,17,18). The van der Waals surface area contributed by atoms with E-state index in [1.807, 2.05) is 18.2 Å². The highest BCUT2D eigenvalue weighted by Crippen LogP contribution is 2.27. The average molecular weight is 324 g/mol. The quantitative estimate of drug-likeness (QED) is 0.868. The number of fused-ring (bicyclic) bond motifs is 1. The van der Waals surface area contributed by atoms with Gasteiger partial charge in [-0.15, -0.1) is 0 Å². The van der Waals surface area contributed by atoms with Crippen molar-refractivity contribution in [3.63, 3.8) is 0 Å². The van der Waals surface area contributed by atoms with Crippen molar-refractivity contribution in [2.45, 2.75) is 38.5 Å². The number of halogens is 1. The van der Waals surface area contributed by atoms with E-state index in [1.54, 1.807) is 0 Å². The third-order valence-electron chi connectivity index (χ3n) is 4.16. The number of nitrogens with one attached hydrogen (secondary N) is 1. The van der Waals surface area contributed by atoms with Crippen LogP contribution in [0.25, 0.3) is 0 Å². The van der Waals surface area contributed by atoms with E-state index in [-0.39, 0.29) is 5.91 Å². The number of benzene rings is 1. The van der Waals surface area contributed by atoms with Gasteiger partial charge >= 0.3 is 0 Å². The largest absolute Gasteiger partial charge is 0.372 e. The Morgan fingerprint density at radius 3 is 3.00 bits per heavy atom. The molecule has 2 aliphatic rings. The molecule has 1 aromatic rings. The zero-order valence-electron chi connectivity index (χ0n) is 10.8. The van der Waals surface area contributed by atoms with Crippen LogP contribution < -0.4 is 5.32 Å². The number of hydrogen-bond donors (Lipinski definition) is 1. The van der Waals surface area contributed by atoms with Gasteiger partial charge in [-0.05, 0) is 42.0 Å². The molecule has 4 heteroatoms. The maximum atomic E-state index is 12.3. The van der Waals surface area contributed by atoms with Crippen LogP contribution in [0.3, 0.4) is 0 Å². The SMILES string of the molecule is O=C(NC1CCCC1CBr)c1ccc2c(c1)COC2. The summed E-state index contributed by atoms with van der Waals surface area (Å²) < 4.78 is 5.38. The van der Waals surface area contributed by atoms with Crippen LogP contribution in [0.15, 0.2) is 18.2 Å². The number of alkyl halides is 1. The van der Waals surface area contributed by atoms with Gasteiger partial charge in [-0.3, -0.25) is 4.79 Å². The van der Waals surface area contributed by atoms with E-state index in [0.717, 1.165) is 22.9 Å². The van der Waals surface area contributed by atoms with Crippen molar-refractivity contribution in [2.24, 2.45) is 5.92 Å². The van der Waals surface area contributed by atoms with Gasteiger partial charge in [0.05, 0.1) is 13.2 Å². The second kappa shape index (κ2) is 5.63. The Hall–Kier alpha value is -0.870. The first-order valence-corrected chi connectivity index (χ1v) is 7.96. The van der Waals surface area contributed by atoms with E-state index in [1.165, 1.54) is 18.4 Å². The van der Waals surface area contributed by atoms with Gasteiger partial charge in [-0.25, -0.2) is 0 Å². The molecule has 1 N–H and O–H groups in total. The minimum Gasteiger partial charge on any atom is -0.372 e. The van der Waals surface area contributed by atoms with E-state index in [4.69, 9.17) is 4.74 Å². The van der Waals surface area contributed by atoms with Gasteiger partial charge in [0, 0.05) is 16.9 Å². The summed E-state index contributed by atoms with van der Waals surface area (Å²) in [5, 5.41) is 4.15. The van der Waals surface area contributed by atoms with Gasteiger partial charge in [0.2, 0.25) is 0 Å². The van der Waals surface area contributed by atoms with E-state index in [2.05, 4.69) is 21.2 Å². The number of amides is 1. The second-order valence-corrected chi connectivity index (χ2v) is 6.05. The summed E-state index contributed by atoms with van der Waals surface area (Å²) >= 11 is 3.54. The summed E-state index contributed by atoms with van der Waals surface area (Å²) in [5.41, 5.74) is 3.11. The smallest absolute Gasteiger partial charge is 0.251 e. The zero-order chi connectivity index (χ0) is 13.2. The molecule has 1 aliphatic heterocycles. The van der Waals surface area contributed by atoms with Crippen molar-refractivity contribution < 1.29 is 9.53 Å². The minimum absolute atomic E-state index is 0.0487. The van der Waals surface area contributed by atoms with Gasteiger partial charge in [-0.1, -0.05) is 28.4 Å². The lowest BCUT2D eigenvalue weighted by Crippen LogP contribution is -2.37.